The van der Waals surface area contributed by atoms with Crippen molar-refractivity contribution in [3.63, 3.8) is 0 Å². The maximum Gasteiger partial charge on any atom is 0.208 e. The van der Waals surface area contributed by atoms with Crippen LogP contribution in [0.3, 0.4) is 0 Å². The van der Waals surface area contributed by atoms with Gasteiger partial charge in [0.25, 0.3) is 0 Å². The zero-order chi connectivity index (χ0) is 15.5. The second-order valence-corrected chi connectivity index (χ2v) is 7.75. The monoisotopic (exact) mass is 293 g/mol. The van der Waals surface area contributed by atoms with Crippen molar-refractivity contribution in [3.8, 4) is 0 Å². The fourth-order valence-electron chi connectivity index (χ4n) is 2.87. The Balaban J connectivity index is 1.98. The molecule has 1 fully saturated rings. The molecule has 120 valence electrons. The third kappa shape index (κ3) is 5.11. The maximum atomic E-state index is 5.95. The van der Waals surface area contributed by atoms with Crippen molar-refractivity contribution < 1.29 is 4.42 Å². The maximum absolute atomic E-state index is 5.95. The van der Waals surface area contributed by atoms with E-state index < -0.39 is 0 Å². The molecule has 1 aromatic heterocycles. The molecule has 1 N–H and O–H groups in total. The highest BCUT2D eigenvalue weighted by Gasteiger charge is 2.22. The van der Waals surface area contributed by atoms with Crippen LogP contribution >= 0.6 is 0 Å². The third-order valence-electron chi connectivity index (χ3n) is 3.92. The van der Waals surface area contributed by atoms with Crippen LogP contribution in [0.5, 0.6) is 0 Å². The molecule has 1 unspecified atom stereocenters. The van der Waals surface area contributed by atoms with Crippen LogP contribution in [-0.4, -0.2) is 35.6 Å². The summed E-state index contributed by atoms with van der Waals surface area (Å²) in [5, 5.41) is 3.58. The quantitative estimate of drug-likeness (QED) is 0.874. The lowest BCUT2D eigenvalue weighted by atomic mass is 9.94. The van der Waals surface area contributed by atoms with Gasteiger partial charge in [-0.1, -0.05) is 34.6 Å². The lowest BCUT2D eigenvalue weighted by molar-refractivity contribution is 0.194. The van der Waals surface area contributed by atoms with Gasteiger partial charge < -0.3 is 9.73 Å². The van der Waals surface area contributed by atoms with Gasteiger partial charge in [0.05, 0.1) is 12.7 Å². The summed E-state index contributed by atoms with van der Waals surface area (Å²) in [5.41, 5.74) is 0.0289. The minimum Gasteiger partial charge on any atom is -0.444 e. The van der Waals surface area contributed by atoms with Crippen molar-refractivity contribution in [2.24, 2.45) is 5.92 Å². The number of rotatable bonds is 6. The molecule has 4 heteroatoms. The van der Waals surface area contributed by atoms with E-state index in [2.05, 4.69) is 49.8 Å². The molecule has 0 aliphatic carbocycles. The summed E-state index contributed by atoms with van der Waals surface area (Å²) in [4.78, 5) is 6.95. The second kappa shape index (κ2) is 6.93. The molecule has 2 rings (SSSR count). The van der Waals surface area contributed by atoms with Crippen LogP contribution in [0.25, 0.3) is 0 Å². The summed E-state index contributed by atoms with van der Waals surface area (Å²) in [5.74, 6) is 2.48. The second-order valence-electron chi connectivity index (χ2n) is 7.75. The minimum atomic E-state index is 0.0289. The van der Waals surface area contributed by atoms with Crippen molar-refractivity contribution in [2.45, 2.75) is 65.5 Å². The van der Waals surface area contributed by atoms with Gasteiger partial charge in [-0.2, -0.15) is 0 Å². The molecule has 0 radical (unpaired) electrons. The predicted molar refractivity (Wildman–Crippen MR) is 86.3 cm³/mol. The Morgan fingerprint density at radius 1 is 1.43 bits per heavy atom. The molecular weight excluding hydrogens is 262 g/mol. The molecule has 4 nitrogen and oxygen atoms in total. The Labute approximate surface area is 129 Å². The molecule has 2 heterocycles. The smallest absolute Gasteiger partial charge is 0.208 e. The van der Waals surface area contributed by atoms with Crippen molar-refractivity contribution in [1.29, 1.82) is 0 Å². The first-order valence-corrected chi connectivity index (χ1v) is 8.25. The van der Waals surface area contributed by atoms with E-state index in [1.54, 1.807) is 0 Å². The van der Waals surface area contributed by atoms with Gasteiger partial charge in [0.1, 0.15) is 5.76 Å². The molecule has 0 aromatic carbocycles. The van der Waals surface area contributed by atoms with E-state index in [1.165, 1.54) is 12.8 Å². The van der Waals surface area contributed by atoms with E-state index in [4.69, 9.17) is 4.42 Å². The molecular formula is C17H31N3O. The van der Waals surface area contributed by atoms with E-state index >= 15 is 0 Å². The molecule has 1 aromatic rings. The largest absolute Gasteiger partial charge is 0.444 e. The Bertz CT molecular complexity index is 427. The minimum absolute atomic E-state index is 0.0289. The van der Waals surface area contributed by atoms with Crippen molar-refractivity contribution in [1.82, 2.24) is 15.2 Å². The van der Waals surface area contributed by atoms with E-state index in [0.717, 1.165) is 37.8 Å². The lowest BCUT2D eigenvalue weighted by Crippen LogP contribution is -2.39. The first kappa shape index (κ1) is 16.5. The number of nitrogens with one attached hydrogen (secondary N) is 1. The van der Waals surface area contributed by atoms with E-state index in [0.29, 0.717) is 12.0 Å². The predicted octanol–water partition coefficient (Wildman–Crippen LogP) is 3.18. The summed E-state index contributed by atoms with van der Waals surface area (Å²) >= 11 is 0. The van der Waals surface area contributed by atoms with Crippen LogP contribution in [-0.2, 0) is 12.0 Å². The highest BCUT2D eigenvalue weighted by Crippen LogP contribution is 2.23. The van der Waals surface area contributed by atoms with Crippen molar-refractivity contribution in [2.75, 3.05) is 19.6 Å². The van der Waals surface area contributed by atoms with Gasteiger partial charge in [-0.25, -0.2) is 4.98 Å². The Hall–Kier alpha value is -0.870. The highest BCUT2D eigenvalue weighted by atomic mass is 16.4. The van der Waals surface area contributed by atoms with Gasteiger partial charge in [-0.05, 0) is 25.3 Å². The molecule has 21 heavy (non-hydrogen) atoms. The van der Waals surface area contributed by atoms with Crippen LogP contribution in [0, 0.1) is 5.92 Å². The van der Waals surface area contributed by atoms with Crippen molar-refractivity contribution >= 4 is 0 Å². The van der Waals surface area contributed by atoms with E-state index in [9.17, 15) is 0 Å². The zero-order valence-electron chi connectivity index (χ0n) is 14.3. The first-order chi connectivity index (χ1) is 9.84. The molecule has 1 saturated heterocycles. The summed E-state index contributed by atoms with van der Waals surface area (Å²) in [6.45, 7) is 15.2. The summed E-state index contributed by atoms with van der Waals surface area (Å²) in [6.07, 6.45) is 4.47. The van der Waals surface area contributed by atoms with Gasteiger partial charge in [0.2, 0.25) is 5.89 Å². The Morgan fingerprint density at radius 2 is 2.19 bits per heavy atom. The molecule has 0 amide bonds. The number of hydrogen-bond acceptors (Lipinski definition) is 4. The number of oxazole rings is 1. The summed E-state index contributed by atoms with van der Waals surface area (Å²) < 4.78 is 5.95. The highest BCUT2D eigenvalue weighted by molar-refractivity contribution is 5.06. The van der Waals surface area contributed by atoms with Crippen LogP contribution in [0.15, 0.2) is 10.6 Å². The zero-order valence-corrected chi connectivity index (χ0v) is 14.3. The van der Waals surface area contributed by atoms with E-state index in [1.807, 2.05) is 6.20 Å². The number of hydrogen-bond donors (Lipinski definition) is 1. The lowest BCUT2D eigenvalue weighted by Gasteiger charge is -2.26. The molecule has 0 bridgehead atoms. The van der Waals surface area contributed by atoms with Crippen LogP contribution < -0.4 is 5.32 Å². The topological polar surface area (TPSA) is 41.3 Å². The van der Waals surface area contributed by atoms with Gasteiger partial charge >= 0.3 is 0 Å². The standard InChI is InChI=1S/C17H31N3O/c1-13(2)10-20(11-14-7-6-8-18-14)12-16-19-9-15(21-16)17(3,4)5/h9,13-14,18H,6-8,10-12H2,1-5H3. The van der Waals surface area contributed by atoms with Crippen LogP contribution in [0.1, 0.15) is 59.1 Å². The molecule has 1 aliphatic rings. The molecule has 0 spiro atoms. The summed E-state index contributed by atoms with van der Waals surface area (Å²) in [7, 11) is 0. The van der Waals surface area contributed by atoms with Crippen LogP contribution in [0.4, 0.5) is 0 Å². The average molecular weight is 293 g/mol. The normalized spacial score (nSPS) is 19.9. The first-order valence-electron chi connectivity index (χ1n) is 8.25. The van der Waals surface area contributed by atoms with Gasteiger partial charge in [0, 0.05) is 24.5 Å². The van der Waals surface area contributed by atoms with Gasteiger partial charge in [-0.3, -0.25) is 4.90 Å². The van der Waals surface area contributed by atoms with E-state index in [-0.39, 0.29) is 5.41 Å². The SMILES string of the molecule is CC(C)CN(Cc1ncc(C(C)(C)C)o1)CC1CCCN1. The third-order valence-corrected chi connectivity index (χ3v) is 3.92. The molecule has 1 aliphatic heterocycles. The average Bonchev–Trinajstić information content (AvgIpc) is 2.98. The number of nitrogens with zero attached hydrogens (tertiary/aromatic N) is 2. The summed E-state index contributed by atoms with van der Waals surface area (Å²) in [6, 6.07) is 0.626. The Morgan fingerprint density at radius 3 is 2.71 bits per heavy atom. The van der Waals surface area contributed by atoms with Crippen molar-refractivity contribution in [3.05, 3.63) is 17.8 Å². The van der Waals surface area contributed by atoms with Gasteiger partial charge in [0.15, 0.2) is 0 Å². The molecule has 0 saturated carbocycles. The fraction of sp³-hybridized carbons (Fsp3) is 0.824. The number of aromatic nitrogens is 1. The fourth-order valence-corrected chi connectivity index (χ4v) is 2.87. The van der Waals surface area contributed by atoms with Gasteiger partial charge in [-0.15, -0.1) is 0 Å². The Kier molecular flexibility index (Phi) is 5.44. The molecule has 1 atom stereocenters. The van der Waals surface area contributed by atoms with Crippen LogP contribution in [0.2, 0.25) is 0 Å².